The van der Waals surface area contributed by atoms with Gasteiger partial charge in [-0.15, -0.1) is 0 Å². The molecule has 1 unspecified atom stereocenters. The fourth-order valence-electron chi connectivity index (χ4n) is 1.86. The minimum Gasteiger partial charge on any atom is -0.352 e. The summed E-state index contributed by atoms with van der Waals surface area (Å²) < 4.78 is 0. The van der Waals surface area contributed by atoms with E-state index in [2.05, 4.69) is 10.6 Å². The number of nitrogens with one attached hydrogen (secondary N) is 2. The van der Waals surface area contributed by atoms with Gasteiger partial charge in [-0.25, -0.2) is 0 Å². The van der Waals surface area contributed by atoms with Gasteiger partial charge in [0, 0.05) is 32.5 Å². The van der Waals surface area contributed by atoms with Gasteiger partial charge < -0.3 is 15.5 Å². The van der Waals surface area contributed by atoms with Crippen molar-refractivity contribution < 1.29 is 9.59 Å². The minimum absolute atomic E-state index is 0.0861. The lowest BCUT2D eigenvalue weighted by Crippen LogP contribution is -2.48. The minimum atomic E-state index is 0.0861. The molecule has 1 aliphatic rings. The summed E-state index contributed by atoms with van der Waals surface area (Å²) in [5, 5.41) is 5.97. The number of likely N-dealkylation sites (tertiary alicyclic amines) is 1. The molecule has 1 saturated heterocycles. The number of piperidine rings is 1. The van der Waals surface area contributed by atoms with Crippen LogP contribution in [0.2, 0.25) is 0 Å². The van der Waals surface area contributed by atoms with Crippen molar-refractivity contribution in [3.63, 3.8) is 0 Å². The van der Waals surface area contributed by atoms with Crippen molar-refractivity contribution in [3.8, 4) is 0 Å². The highest BCUT2D eigenvalue weighted by Gasteiger charge is 2.23. The van der Waals surface area contributed by atoms with E-state index >= 15 is 0 Å². The highest BCUT2D eigenvalue weighted by Crippen LogP contribution is 2.09. The molecule has 2 amide bonds. The molecule has 0 aromatic heterocycles. The zero-order valence-electron chi connectivity index (χ0n) is 10.1. The summed E-state index contributed by atoms with van der Waals surface area (Å²) in [6, 6.07) is 0.129. The fourth-order valence-corrected chi connectivity index (χ4v) is 1.86. The van der Waals surface area contributed by atoms with Gasteiger partial charge in [0.15, 0.2) is 0 Å². The van der Waals surface area contributed by atoms with Crippen LogP contribution in [0.25, 0.3) is 0 Å². The predicted octanol–water partition coefficient (Wildman–Crippen LogP) is -0.277. The highest BCUT2D eigenvalue weighted by molar-refractivity contribution is 5.78. The first kappa shape index (κ1) is 13.0. The van der Waals surface area contributed by atoms with Crippen LogP contribution in [-0.2, 0) is 9.59 Å². The quantitative estimate of drug-likeness (QED) is 0.635. The molecule has 0 aromatic rings. The van der Waals surface area contributed by atoms with E-state index < -0.39 is 0 Å². The van der Waals surface area contributed by atoms with Crippen LogP contribution in [-0.4, -0.2) is 49.9 Å². The number of rotatable bonds is 5. The van der Waals surface area contributed by atoms with Crippen molar-refractivity contribution in [2.75, 3.05) is 27.2 Å². The standard InChI is InChI=1S/C11H21N3O2/c1-12-7-3-4-10(15)13-9-5-6-11(16)14(2)8-9/h9,12H,3-8H2,1-2H3,(H,13,15). The van der Waals surface area contributed by atoms with Crippen LogP contribution in [0.3, 0.4) is 0 Å². The third-order valence-corrected chi connectivity index (χ3v) is 2.82. The van der Waals surface area contributed by atoms with E-state index in [-0.39, 0.29) is 17.9 Å². The molecule has 5 heteroatoms. The first-order chi connectivity index (χ1) is 7.63. The molecule has 16 heavy (non-hydrogen) atoms. The van der Waals surface area contributed by atoms with Gasteiger partial charge in [0.1, 0.15) is 0 Å². The van der Waals surface area contributed by atoms with Gasteiger partial charge >= 0.3 is 0 Å². The summed E-state index contributed by atoms with van der Waals surface area (Å²) in [6.45, 7) is 1.49. The number of amides is 2. The highest BCUT2D eigenvalue weighted by atomic mass is 16.2. The molecule has 5 nitrogen and oxygen atoms in total. The van der Waals surface area contributed by atoms with Crippen LogP contribution >= 0.6 is 0 Å². The van der Waals surface area contributed by atoms with Gasteiger partial charge in [0.05, 0.1) is 0 Å². The first-order valence-corrected chi connectivity index (χ1v) is 5.81. The van der Waals surface area contributed by atoms with E-state index in [0.717, 1.165) is 19.4 Å². The Morgan fingerprint density at radius 3 is 2.94 bits per heavy atom. The average molecular weight is 227 g/mol. The van der Waals surface area contributed by atoms with Crippen LogP contribution in [0.5, 0.6) is 0 Å². The first-order valence-electron chi connectivity index (χ1n) is 5.81. The number of nitrogens with zero attached hydrogens (tertiary/aromatic N) is 1. The molecule has 0 aliphatic carbocycles. The van der Waals surface area contributed by atoms with E-state index in [9.17, 15) is 9.59 Å². The Labute approximate surface area is 96.6 Å². The van der Waals surface area contributed by atoms with Crippen molar-refractivity contribution in [3.05, 3.63) is 0 Å². The van der Waals surface area contributed by atoms with Gasteiger partial charge in [-0.05, 0) is 26.4 Å². The molecule has 0 saturated carbocycles. The average Bonchev–Trinajstić information content (AvgIpc) is 2.24. The molecular formula is C11H21N3O2. The Bertz CT molecular complexity index is 256. The van der Waals surface area contributed by atoms with Crippen molar-refractivity contribution in [1.29, 1.82) is 0 Å². The molecule has 1 aliphatic heterocycles. The third kappa shape index (κ3) is 4.18. The number of hydrogen-bond acceptors (Lipinski definition) is 3. The van der Waals surface area contributed by atoms with E-state index in [1.54, 1.807) is 11.9 Å². The van der Waals surface area contributed by atoms with E-state index in [1.807, 2.05) is 7.05 Å². The van der Waals surface area contributed by atoms with E-state index in [0.29, 0.717) is 19.4 Å². The predicted molar refractivity (Wildman–Crippen MR) is 62.0 cm³/mol. The van der Waals surface area contributed by atoms with Gasteiger partial charge in [-0.1, -0.05) is 0 Å². The molecule has 0 radical (unpaired) electrons. The van der Waals surface area contributed by atoms with Crippen molar-refractivity contribution in [2.45, 2.75) is 31.7 Å². The number of carbonyl (C=O) groups is 2. The summed E-state index contributed by atoms with van der Waals surface area (Å²) in [7, 11) is 3.65. The van der Waals surface area contributed by atoms with Crippen LogP contribution < -0.4 is 10.6 Å². The van der Waals surface area contributed by atoms with Crippen LogP contribution in [0.15, 0.2) is 0 Å². The topological polar surface area (TPSA) is 61.4 Å². The monoisotopic (exact) mass is 227 g/mol. The molecule has 92 valence electrons. The molecule has 1 fully saturated rings. The lowest BCUT2D eigenvalue weighted by Gasteiger charge is -2.30. The summed E-state index contributed by atoms with van der Waals surface area (Å²) >= 11 is 0. The summed E-state index contributed by atoms with van der Waals surface area (Å²) in [5.74, 6) is 0.253. The summed E-state index contributed by atoms with van der Waals surface area (Å²) in [6.07, 6.45) is 2.71. The van der Waals surface area contributed by atoms with Crippen molar-refractivity contribution in [1.82, 2.24) is 15.5 Å². The van der Waals surface area contributed by atoms with Crippen molar-refractivity contribution in [2.24, 2.45) is 0 Å². The summed E-state index contributed by atoms with van der Waals surface area (Å²) in [5.41, 5.74) is 0. The molecule has 1 atom stereocenters. The fraction of sp³-hybridized carbons (Fsp3) is 0.818. The Morgan fingerprint density at radius 1 is 1.56 bits per heavy atom. The Kier molecular flexibility index (Phi) is 5.25. The maximum atomic E-state index is 11.5. The second-order valence-electron chi connectivity index (χ2n) is 4.28. The van der Waals surface area contributed by atoms with Gasteiger partial charge in [-0.3, -0.25) is 9.59 Å². The van der Waals surface area contributed by atoms with Crippen LogP contribution in [0, 0.1) is 0 Å². The molecule has 0 aromatic carbocycles. The summed E-state index contributed by atoms with van der Waals surface area (Å²) in [4.78, 5) is 24.5. The van der Waals surface area contributed by atoms with Gasteiger partial charge in [-0.2, -0.15) is 0 Å². The number of likely N-dealkylation sites (N-methyl/N-ethyl adjacent to an activating group) is 1. The zero-order chi connectivity index (χ0) is 12.0. The lowest BCUT2D eigenvalue weighted by atomic mass is 10.1. The Morgan fingerprint density at radius 2 is 2.31 bits per heavy atom. The molecule has 0 spiro atoms. The molecular weight excluding hydrogens is 206 g/mol. The smallest absolute Gasteiger partial charge is 0.222 e. The second-order valence-corrected chi connectivity index (χ2v) is 4.28. The van der Waals surface area contributed by atoms with Gasteiger partial charge in [0.2, 0.25) is 11.8 Å². The van der Waals surface area contributed by atoms with Crippen LogP contribution in [0.1, 0.15) is 25.7 Å². The molecule has 0 bridgehead atoms. The van der Waals surface area contributed by atoms with Crippen molar-refractivity contribution >= 4 is 11.8 Å². The number of carbonyl (C=O) groups excluding carboxylic acids is 2. The van der Waals surface area contributed by atoms with E-state index in [1.165, 1.54) is 0 Å². The zero-order valence-corrected chi connectivity index (χ0v) is 10.1. The Hall–Kier alpha value is -1.10. The van der Waals surface area contributed by atoms with Gasteiger partial charge in [0.25, 0.3) is 0 Å². The number of hydrogen-bond donors (Lipinski definition) is 2. The largest absolute Gasteiger partial charge is 0.352 e. The lowest BCUT2D eigenvalue weighted by molar-refractivity contribution is -0.134. The molecule has 1 heterocycles. The normalized spacial score (nSPS) is 21.0. The third-order valence-electron chi connectivity index (χ3n) is 2.82. The molecule has 2 N–H and O–H groups in total. The van der Waals surface area contributed by atoms with Crippen LogP contribution in [0.4, 0.5) is 0 Å². The maximum absolute atomic E-state index is 11.5. The second kappa shape index (κ2) is 6.48. The molecule has 1 rings (SSSR count). The Balaban J connectivity index is 2.21. The SMILES string of the molecule is CNCCCC(=O)NC1CCC(=O)N(C)C1. The maximum Gasteiger partial charge on any atom is 0.222 e. The van der Waals surface area contributed by atoms with E-state index in [4.69, 9.17) is 0 Å².